The zero-order valence-electron chi connectivity index (χ0n) is 14.2. The minimum absolute atomic E-state index is 0.0876. The molecular weight excluding hydrogens is 298 g/mol. The van der Waals surface area contributed by atoms with E-state index in [-0.39, 0.29) is 5.91 Å². The first-order valence-corrected chi connectivity index (χ1v) is 8.76. The minimum atomic E-state index is -0.0876. The standard InChI is InChI=1S/C20H25N3O/c1-15-7-9-16(10-8-15)12-22-20(24)17-11-19(14-21-13-17)23-18-5-3-2-4-6-18/h7-11,13-14,18,23H,2-6,12H2,1H3,(H,22,24). The SMILES string of the molecule is Cc1ccc(CNC(=O)c2cncc(NC3CCCCC3)c2)cc1. The number of anilines is 1. The van der Waals surface area contributed by atoms with Crippen LogP contribution in [0.1, 0.15) is 53.6 Å². The molecular formula is C20H25N3O. The predicted molar refractivity (Wildman–Crippen MR) is 97.1 cm³/mol. The van der Waals surface area contributed by atoms with E-state index in [2.05, 4.69) is 34.7 Å². The summed E-state index contributed by atoms with van der Waals surface area (Å²) in [5.74, 6) is -0.0876. The molecule has 1 fully saturated rings. The number of carbonyl (C=O) groups excluding carboxylic acids is 1. The van der Waals surface area contributed by atoms with Crippen molar-refractivity contribution in [1.29, 1.82) is 0 Å². The van der Waals surface area contributed by atoms with Gasteiger partial charge in [0, 0.05) is 25.0 Å². The third-order valence-electron chi connectivity index (χ3n) is 4.55. The third-order valence-corrected chi connectivity index (χ3v) is 4.55. The molecule has 4 heteroatoms. The summed E-state index contributed by atoms with van der Waals surface area (Å²) < 4.78 is 0. The zero-order chi connectivity index (χ0) is 16.8. The monoisotopic (exact) mass is 323 g/mol. The van der Waals surface area contributed by atoms with E-state index in [4.69, 9.17) is 0 Å². The Labute approximate surface area is 143 Å². The molecule has 24 heavy (non-hydrogen) atoms. The number of aryl methyl sites for hydroxylation is 1. The number of rotatable bonds is 5. The van der Waals surface area contributed by atoms with Crippen molar-refractivity contribution in [2.24, 2.45) is 0 Å². The fourth-order valence-corrected chi connectivity index (χ4v) is 3.12. The average molecular weight is 323 g/mol. The van der Waals surface area contributed by atoms with Gasteiger partial charge in [0.15, 0.2) is 0 Å². The summed E-state index contributed by atoms with van der Waals surface area (Å²) in [5, 5.41) is 6.47. The van der Waals surface area contributed by atoms with E-state index in [9.17, 15) is 4.79 Å². The van der Waals surface area contributed by atoms with Crippen molar-refractivity contribution in [1.82, 2.24) is 10.3 Å². The van der Waals surface area contributed by atoms with Crippen LogP contribution in [0.25, 0.3) is 0 Å². The molecule has 0 unspecified atom stereocenters. The van der Waals surface area contributed by atoms with Crippen LogP contribution in [0.3, 0.4) is 0 Å². The molecule has 1 aromatic heterocycles. The molecule has 2 aromatic rings. The molecule has 0 spiro atoms. The van der Waals surface area contributed by atoms with Crippen molar-refractivity contribution in [3.8, 4) is 0 Å². The second-order valence-electron chi connectivity index (χ2n) is 6.61. The van der Waals surface area contributed by atoms with Gasteiger partial charge in [0.1, 0.15) is 0 Å². The number of carbonyl (C=O) groups is 1. The van der Waals surface area contributed by atoms with Crippen LogP contribution >= 0.6 is 0 Å². The summed E-state index contributed by atoms with van der Waals surface area (Å²) in [6.45, 7) is 2.58. The van der Waals surface area contributed by atoms with Crippen molar-refractivity contribution in [2.45, 2.75) is 51.6 Å². The number of hydrogen-bond acceptors (Lipinski definition) is 3. The van der Waals surface area contributed by atoms with Crippen LogP contribution in [0.5, 0.6) is 0 Å². The molecule has 1 heterocycles. The van der Waals surface area contributed by atoms with Gasteiger partial charge < -0.3 is 10.6 Å². The molecule has 1 saturated carbocycles. The summed E-state index contributed by atoms with van der Waals surface area (Å²) >= 11 is 0. The molecule has 1 aliphatic rings. The topological polar surface area (TPSA) is 54.0 Å². The Bertz CT molecular complexity index is 676. The summed E-state index contributed by atoms with van der Waals surface area (Å²) in [7, 11) is 0. The molecule has 1 amide bonds. The second-order valence-corrected chi connectivity index (χ2v) is 6.61. The number of amides is 1. The second kappa shape index (κ2) is 7.95. The number of aromatic nitrogens is 1. The van der Waals surface area contributed by atoms with Crippen molar-refractivity contribution >= 4 is 11.6 Å². The lowest BCUT2D eigenvalue weighted by atomic mass is 9.95. The maximum atomic E-state index is 12.4. The molecule has 0 aliphatic heterocycles. The first-order valence-electron chi connectivity index (χ1n) is 8.76. The van der Waals surface area contributed by atoms with Gasteiger partial charge in [-0.05, 0) is 31.4 Å². The first kappa shape index (κ1) is 16.5. The van der Waals surface area contributed by atoms with E-state index in [1.807, 2.05) is 18.2 Å². The van der Waals surface area contributed by atoms with Crippen LogP contribution in [0.4, 0.5) is 5.69 Å². The summed E-state index contributed by atoms with van der Waals surface area (Å²) in [6, 6.07) is 10.6. The highest BCUT2D eigenvalue weighted by atomic mass is 16.1. The number of nitrogens with one attached hydrogen (secondary N) is 2. The van der Waals surface area contributed by atoms with Crippen LogP contribution in [0, 0.1) is 6.92 Å². The van der Waals surface area contributed by atoms with E-state index in [1.165, 1.54) is 37.7 Å². The van der Waals surface area contributed by atoms with Crippen molar-refractivity contribution < 1.29 is 4.79 Å². The maximum absolute atomic E-state index is 12.4. The van der Waals surface area contributed by atoms with Crippen molar-refractivity contribution in [3.63, 3.8) is 0 Å². The average Bonchev–Trinajstić information content (AvgIpc) is 2.62. The fourth-order valence-electron chi connectivity index (χ4n) is 3.12. The Kier molecular flexibility index (Phi) is 5.47. The van der Waals surface area contributed by atoms with Gasteiger partial charge in [-0.25, -0.2) is 0 Å². The van der Waals surface area contributed by atoms with Gasteiger partial charge in [-0.3, -0.25) is 9.78 Å². The van der Waals surface area contributed by atoms with Crippen molar-refractivity contribution in [3.05, 3.63) is 59.4 Å². The lowest BCUT2D eigenvalue weighted by molar-refractivity contribution is 0.0950. The quantitative estimate of drug-likeness (QED) is 0.872. The van der Waals surface area contributed by atoms with E-state index in [1.54, 1.807) is 12.4 Å². The molecule has 126 valence electrons. The van der Waals surface area contributed by atoms with Crippen LogP contribution < -0.4 is 10.6 Å². The van der Waals surface area contributed by atoms with Gasteiger partial charge in [0.2, 0.25) is 0 Å². The summed E-state index contributed by atoms with van der Waals surface area (Å²) in [6.07, 6.45) is 9.71. The molecule has 0 atom stereocenters. The highest BCUT2D eigenvalue weighted by Crippen LogP contribution is 2.21. The number of hydrogen-bond donors (Lipinski definition) is 2. The van der Waals surface area contributed by atoms with E-state index >= 15 is 0 Å². The fraction of sp³-hybridized carbons (Fsp3) is 0.400. The number of benzene rings is 1. The Morgan fingerprint density at radius 3 is 2.62 bits per heavy atom. The van der Waals surface area contributed by atoms with Crippen molar-refractivity contribution in [2.75, 3.05) is 5.32 Å². The van der Waals surface area contributed by atoms with Crippen LogP contribution in [0.15, 0.2) is 42.7 Å². The van der Waals surface area contributed by atoms with Gasteiger partial charge in [-0.1, -0.05) is 49.1 Å². The van der Waals surface area contributed by atoms with Crippen LogP contribution in [-0.2, 0) is 6.54 Å². The van der Waals surface area contributed by atoms with Crippen LogP contribution in [0.2, 0.25) is 0 Å². The highest BCUT2D eigenvalue weighted by Gasteiger charge is 2.14. The minimum Gasteiger partial charge on any atom is -0.381 e. The number of nitrogens with zero attached hydrogens (tertiary/aromatic N) is 1. The zero-order valence-corrected chi connectivity index (χ0v) is 14.2. The highest BCUT2D eigenvalue weighted by molar-refractivity contribution is 5.94. The summed E-state index contributed by atoms with van der Waals surface area (Å²) in [5.41, 5.74) is 3.85. The van der Waals surface area contributed by atoms with Gasteiger partial charge >= 0.3 is 0 Å². The molecule has 4 nitrogen and oxygen atoms in total. The predicted octanol–water partition coefficient (Wildman–Crippen LogP) is 4.06. The van der Waals surface area contributed by atoms with Gasteiger partial charge in [-0.15, -0.1) is 0 Å². The third kappa shape index (κ3) is 4.57. The summed E-state index contributed by atoms with van der Waals surface area (Å²) in [4.78, 5) is 16.6. The lowest BCUT2D eigenvalue weighted by Crippen LogP contribution is -2.24. The molecule has 1 aliphatic carbocycles. The van der Waals surface area contributed by atoms with E-state index < -0.39 is 0 Å². The van der Waals surface area contributed by atoms with E-state index in [0.29, 0.717) is 18.2 Å². The van der Waals surface area contributed by atoms with Gasteiger partial charge in [0.05, 0.1) is 11.3 Å². The molecule has 2 N–H and O–H groups in total. The van der Waals surface area contributed by atoms with E-state index in [0.717, 1.165) is 11.3 Å². The Morgan fingerprint density at radius 1 is 1.12 bits per heavy atom. The molecule has 0 radical (unpaired) electrons. The Morgan fingerprint density at radius 2 is 1.88 bits per heavy atom. The van der Waals surface area contributed by atoms with Gasteiger partial charge in [0.25, 0.3) is 5.91 Å². The largest absolute Gasteiger partial charge is 0.381 e. The normalized spacial score (nSPS) is 15.0. The smallest absolute Gasteiger partial charge is 0.253 e. The Balaban J connectivity index is 1.58. The number of pyridine rings is 1. The van der Waals surface area contributed by atoms with Gasteiger partial charge in [-0.2, -0.15) is 0 Å². The lowest BCUT2D eigenvalue weighted by Gasteiger charge is -2.23. The molecule has 1 aromatic carbocycles. The van der Waals surface area contributed by atoms with Crippen LogP contribution in [-0.4, -0.2) is 16.9 Å². The maximum Gasteiger partial charge on any atom is 0.253 e. The molecule has 3 rings (SSSR count). The molecule has 0 bridgehead atoms. The first-order chi connectivity index (χ1) is 11.7. The molecule has 0 saturated heterocycles. The Hall–Kier alpha value is -2.36.